The Hall–Kier alpha value is -0.160. The first-order valence-corrected chi connectivity index (χ1v) is 5.48. The number of nitrogens with two attached hydrogens (primary N) is 1. The molecule has 1 fully saturated rings. The van der Waals surface area contributed by atoms with Gasteiger partial charge in [0, 0.05) is 13.2 Å². The molecule has 4 heteroatoms. The lowest BCUT2D eigenvalue weighted by molar-refractivity contribution is -0.00955. The highest BCUT2D eigenvalue weighted by Gasteiger charge is 2.36. The highest BCUT2D eigenvalue weighted by Crippen LogP contribution is 2.35. The van der Waals surface area contributed by atoms with E-state index in [4.69, 9.17) is 15.3 Å². The van der Waals surface area contributed by atoms with E-state index in [1.165, 1.54) is 12.8 Å². The fraction of sp³-hybridized carbons (Fsp3) is 1.00. The number of hydrazine groups is 1. The van der Waals surface area contributed by atoms with Gasteiger partial charge in [-0.3, -0.25) is 11.3 Å². The van der Waals surface area contributed by atoms with Gasteiger partial charge in [-0.15, -0.1) is 0 Å². The summed E-state index contributed by atoms with van der Waals surface area (Å²) >= 11 is 0. The van der Waals surface area contributed by atoms with E-state index >= 15 is 0 Å². The Labute approximate surface area is 86.1 Å². The molecular formula is C10H22N2O2. The highest BCUT2D eigenvalue weighted by molar-refractivity contribution is 4.89. The van der Waals surface area contributed by atoms with Crippen LogP contribution in [-0.4, -0.2) is 32.0 Å². The summed E-state index contributed by atoms with van der Waals surface area (Å²) in [6.07, 6.45) is 2.74. The van der Waals surface area contributed by atoms with E-state index in [0.29, 0.717) is 12.5 Å². The third kappa shape index (κ3) is 3.53. The molecule has 1 aliphatic carbocycles. The van der Waals surface area contributed by atoms with Gasteiger partial charge in [0.2, 0.25) is 0 Å². The second kappa shape index (κ2) is 6.35. The predicted octanol–water partition coefficient (Wildman–Crippen LogP) is 0.670. The van der Waals surface area contributed by atoms with E-state index in [0.717, 1.165) is 13.2 Å². The van der Waals surface area contributed by atoms with E-state index in [-0.39, 0.29) is 12.1 Å². The van der Waals surface area contributed by atoms with Crippen molar-refractivity contribution in [2.24, 2.45) is 11.8 Å². The molecule has 0 aromatic carbocycles. The number of ether oxygens (including phenoxy) is 2. The van der Waals surface area contributed by atoms with E-state index in [9.17, 15) is 0 Å². The molecule has 0 bridgehead atoms. The molecule has 0 spiro atoms. The zero-order valence-electron chi connectivity index (χ0n) is 9.16. The molecule has 3 N–H and O–H groups in total. The topological polar surface area (TPSA) is 56.5 Å². The maximum atomic E-state index is 5.69. The van der Waals surface area contributed by atoms with Crippen LogP contribution >= 0.6 is 0 Å². The lowest BCUT2D eigenvalue weighted by Crippen LogP contribution is -2.49. The summed E-state index contributed by atoms with van der Waals surface area (Å²) in [7, 11) is 0. The maximum absolute atomic E-state index is 5.69. The van der Waals surface area contributed by atoms with Gasteiger partial charge in [-0.25, -0.2) is 0 Å². The fourth-order valence-corrected chi connectivity index (χ4v) is 1.68. The molecule has 1 rings (SSSR count). The lowest BCUT2D eigenvalue weighted by atomic mass is 10.1. The van der Waals surface area contributed by atoms with Gasteiger partial charge >= 0.3 is 0 Å². The summed E-state index contributed by atoms with van der Waals surface area (Å²) in [6, 6.07) is 0.127. The minimum Gasteiger partial charge on any atom is -0.380 e. The first-order chi connectivity index (χ1) is 6.83. The van der Waals surface area contributed by atoms with Gasteiger partial charge < -0.3 is 9.47 Å². The highest BCUT2D eigenvalue weighted by atomic mass is 16.5. The smallest absolute Gasteiger partial charge is 0.0791 e. The summed E-state index contributed by atoms with van der Waals surface area (Å²) in [5.74, 6) is 6.18. The third-order valence-electron chi connectivity index (χ3n) is 2.56. The van der Waals surface area contributed by atoms with Crippen LogP contribution < -0.4 is 11.3 Å². The molecule has 0 amide bonds. The van der Waals surface area contributed by atoms with Crippen LogP contribution in [0.4, 0.5) is 0 Å². The molecule has 14 heavy (non-hydrogen) atoms. The van der Waals surface area contributed by atoms with Gasteiger partial charge in [-0.05, 0) is 32.6 Å². The van der Waals surface area contributed by atoms with Crippen molar-refractivity contribution < 1.29 is 9.47 Å². The van der Waals surface area contributed by atoms with Crippen LogP contribution in [-0.2, 0) is 9.47 Å². The summed E-state index contributed by atoms with van der Waals surface area (Å²) in [5, 5.41) is 0. The molecule has 0 heterocycles. The number of nitrogens with one attached hydrogen (secondary N) is 1. The number of hydrogen-bond donors (Lipinski definition) is 2. The van der Waals surface area contributed by atoms with Crippen LogP contribution in [0.1, 0.15) is 26.7 Å². The van der Waals surface area contributed by atoms with Crippen molar-refractivity contribution in [2.75, 3.05) is 19.8 Å². The van der Waals surface area contributed by atoms with Crippen LogP contribution in [0.5, 0.6) is 0 Å². The van der Waals surface area contributed by atoms with Gasteiger partial charge in [0.05, 0.1) is 18.8 Å². The second-order valence-electron chi connectivity index (χ2n) is 3.69. The Morgan fingerprint density at radius 1 is 1.36 bits per heavy atom. The SMILES string of the molecule is CCOCC(NN)C(OCC)C1CC1. The summed E-state index contributed by atoms with van der Waals surface area (Å²) in [6.45, 7) is 6.10. The zero-order chi connectivity index (χ0) is 10.4. The van der Waals surface area contributed by atoms with Gasteiger partial charge in [-0.2, -0.15) is 0 Å². The molecule has 0 aliphatic heterocycles. The van der Waals surface area contributed by atoms with E-state index in [1.54, 1.807) is 0 Å². The van der Waals surface area contributed by atoms with Crippen molar-refractivity contribution in [3.8, 4) is 0 Å². The molecule has 0 radical (unpaired) electrons. The molecule has 1 saturated carbocycles. The summed E-state index contributed by atoms with van der Waals surface area (Å²) in [5.41, 5.74) is 2.79. The van der Waals surface area contributed by atoms with E-state index in [2.05, 4.69) is 5.43 Å². The van der Waals surface area contributed by atoms with Gasteiger partial charge in [0.15, 0.2) is 0 Å². The van der Waals surface area contributed by atoms with E-state index in [1.807, 2.05) is 13.8 Å². The van der Waals surface area contributed by atoms with Crippen LogP contribution in [0.3, 0.4) is 0 Å². The van der Waals surface area contributed by atoms with Crippen molar-refractivity contribution in [1.82, 2.24) is 5.43 Å². The fourth-order valence-electron chi connectivity index (χ4n) is 1.68. The first-order valence-electron chi connectivity index (χ1n) is 5.48. The quantitative estimate of drug-likeness (QED) is 0.449. The van der Waals surface area contributed by atoms with Gasteiger partial charge in [0.25, 0.3) is 0 Å². The van der Waals surface area contributed by atoms with Crippen molar-refractivity contribution >= 4 is 0 Å². The predicted molar refractivity (Wildman–Crippen MR) is 55.7 cm³/mol. The Morgan fingerprint density at radius 3 is 2.50 bits per heavy atom. The molecule has 0 saturated heterocycles. The molecular weight excluding hydrogens is 180 g/mol. The molecule has 2 unspecified atom stereocenters. The average molecular weight is 202 g/mol. The van der Waals surface area contributed by atoms with Crippen molar-refractivity contribution in [2.45, 2.75) is 38.8 Å². The Bertz CT molecular complexity index is 151. The minimum atomic E-state index is 0.127. The number of hydrogen-bond acceptors (Lipinski definition) is 4. The molecule has 2 atom stereocenters. The Kier molecular flexibility index (Phi) is 5.40. The molecule has 84 valence electrons. The molecule has 4 nitrogen and oxygen atoms in total. The standard InChI is InChI=1S/C10H22N2O2/c1-3-13-7-9(12-11)10(14-4-2)8-5-6-8/h8-10,12H,3-7,11H2,1-2H3. The van der Waals surface area contributed by atoms with Crippen molar-refractivity contribution in [3.63, 3.8) is 0 Å². The van der Waals surface area contributed by atoms with Crippen LogP contribution in [0.25, 0.3) is 0 Å². The molecule has 0 aromatic heterocycles. The summed E-state index contributed by atoms with van der Waals surface area (Å²) < 4.78 is 11.1. The van der Waals surface area contributed by atoms with Crippen molar-refractivity contribution in [1.29, 1.82) is 0 Å². The lowest BCUT2D eigenvalue weighted by Gasteiger charge is -2.26. The second-order valence-corrected chi connectivity index (χ2v) is 3.69. The van der Waals surface area contributed by atoms with Gasteiger partial charge in [-0.1, -0.05) is 0 Å². The van der Waals surface area contributed by atoms with Crippen LogP contribution in [0.2, 0.25) is 0 Å². The molecule has 1 aliphatic rings. The normalized spacial score (nSPS) is 20.8. The Morgan fingerprint density at radius 2 is 2.07 bits per heavy atom. The van der Waals surface area contributed by atoms with E-state index < -0.39 is 0 Å². The van der Waals surface area contributed by atoms with Crippen LogP contribution in [0.15, 0.2) is 0 Å². The summed E-state index contributed by atoms with van der Waals surface area (Å²) in [4.78, 5) is 0. The maximum Gasteiger partial charge on any atom is 0.0791 e. The first kappa shape index (κ1) is 11.9. The minimum absolute atomic E-state index is 0.127. The Balaban J connectivity index is 2.35. The van der Waals surface area contributed by atoms with Crippen LogP contribution in [0, 0.1) is 5.92 Å². The third-order valence-corrected chi connectivity index (χ3v) is 2.56. The monoisotopic (exact) mass is 202 g/mol. The molecule has 0 aromatic rings. The zero-order valence-corrected chi connectivity index (χ0v) is 9.16. The van der Waals surface area contributed by atoms with Crippen molar-refractivity contribution in [3.05, 3.63) is 0 Å². The van der Waals surface area contributed by atoms with Gasteiger partial charge in [0.1, 0.15) is 0 Å². The largest absolute Gasteiger partial charge is 0.380 e. The number of rotatable bonds is 8. The average Bonchev–Trinajstić information content (AvgIpc) is 3.00.